The van der Waals surface area contributed by atoms with Gasteiger partial charge in [-0.25, -0.2) is 0 Å². The number of nitrogens with one attached hydrogen (secondary N) is 2. The summed E-state index contributed by atoms with van der Waals surface area (Å²) in [5.74, 6) is 0.177. The van der Waals surface area contributed by atoms with Gasteiger partial charge in [0.05, 0.1) is 12.1 Å². The molecule has 1 unspecified atom stereocenters. The fourth-order valence-electron chi connectivity index (χ4n) is 3.05. The fraction of sp³-hybridized carbons (Fsp3) is 0.533. The highest BCUT2D eigenvalue weighted by Gasteiger charge is 2.27. The molecule has 3 heteroatoms. The highest BCUT2D eigenvalue weighted by Crippen LogP contribution is 2.30. The molecular formula is C15H20N2O. The van der Waals surface area contributed by atoms with Crippen LogP contribution in [0.25, 0.3) is 0 Å². The summed E-state index contributed by atoms with van der Waals surface area (Å²) in [5.41, 5.74) is 2.70. The lowest BCUT2D eigenvalue weighted by atomic mass is 10.0. The van der Waals surface area contributed by atoms with Gasteiger partial charge in [0.2, 0.25) is 5.91 Å². The summed E-state index contributed by atoms with van der Waals surface area (Å²) >= 11 is 0. The van der Waals surface area contributed by atoms with Crippen LogP contribution in [0, 0.1) is 0 Å². The van der Waals surface area contributed by atoms with Gasteiger partial charge >= 0.3 is 0 Å². The van der Waals surface area contributed by atoms with E-state index in [9.17, 15) is 4.79 Å². The maximum atomic E-state index is 12.2. The monoisotopic (exact) mass is 244 g/mol. The van der Waals surface area contributed by atoms with E-state index in [0.29, 0.717) is 0 Å². The molecule has 3 rings (SSSR count). The second-order valence-corrected chi connectivity index (χ2v) is 5.30. The van der Waals surface area contributed by atoms with Gasteiger partial charge < -0.3 is 10.6 Å². The van der Waals surface area contributed by atoms with Crippen LogP contribution < -0.4 is 10.6 Å². The molecule has 2 atom stereocenters. The molecule has 1 aromatic rings. The molecule has 1 saturated heterocycles. The Morgan fingerprint density at radius 1 is 1.22 bits per heavy atom. The maximum absolute atomic E-state index is 12.2. The molecule has 1 amide bonds. The summed E-state index contributed by atoms with van der Waals surface area (Å²) in [7, 11) is 0. The van der Waals surface area contributed by atoms with Crippen molar-refractivity contribution in [3.63, 3.8) is 0 Å². The van der Waals surface area contributed by atoms with Gasteiger partial charge in [-0.05, 0) is 43.4 Å². The number of aryl methyl sites for hydroxylation is 1. The first-order valence-electron chi connectivity index (χ1n) is 6.96. The Bertz CT molecular complexity index is 438. The van der Waals surface area contributed by atoms with Crippen molar-refractivity contribution in [3.8, 4) is 0 Å². The van der Waals surface area contributed by atoms with E-state index in [4.69, 9.17) is 0 Å². The average molecular weight is 244 g/mol. The minimum atomic E-state index is 0.0199. The van der Waals surface area contributed by atoms with Crippen LogP contribution in [-0.2, 0) is 11.2 Å². The molecule has 1 fully saturated rings. The first kappa shape index (κ1) is 11.7. The number of piperidine rings is 1. The Kier molecular flexibility index (Phi) is 3.33. The van der Waals surface area contributed by atoms with Crippen LogP contribution in [0.2, 0.25) is 0 Å². The third-order valence-corrected chi connectivity index (χ3v) is 4.08. The lowest BCUT2D eigenvalue weighted by Gasteiger charge is -2.24. The van der Waals surface area contributed by atoms with E-state index in [-0.39, 0.29) is 18.0 Å². The lowest BCUT2D eigenvalue weighted by Crippen LogP contribution is -2.47. The number of fused-ring (bicyclic) bond motifs is 1. The summed E-state index contributed by atoms with van der Waals surface area (Å²) < 4.78 is 0. The van der Waals surface area contributed by atoms with Crippen LogP contribution in [0.5, 0.6) is 0 Å². The van der Waals surface area contributed by atoms with E-state index in [1.807, 2.05) is 0 Å². The van der Waals surface area contributed by atoms with Gasteiger partial charge in [0, 0.05) is 0 Å². The molecule has 1 aliphatic heterocycles. The normalized spacial score (nSPS) is 26.7. The van der Waals surface area contributed by atoms with Crippen LogP contribution in [0.4, 0.5) is 0 Å². The van der Waals surface area contributed by atoms with E-state index >= 15 is 0 Å². The number of carbonyl (C=O) groups is 1. The Labute approximate surface area is 108 Å². The van der Waals surface area contributed by atoms with Crippen LogP contribution in [0.1, 0.15) is 42.9 Å². The Hall–Kier alpha value is -1.35. The van der Waals surface area contributed by atoms with Gasteiger partial charge in [-0.3, -0.25) is 4.79 Å². The van der Waals surface area contributed by atoms with Crippen LogP contribution in [0.3, 0.4) is 0 Å². The Balaban J connectivity index is 1.65. The second kappa shape index (κ2) is 5.11. The molecule has 2 N–H and O–H groups in total. The second-order valence-electron chi connectivity index (χ2n) is 5.30. The summed E-state index contributed by atoms with van der Waals surface area (Å²) in [5, 5.41) is 6.51. The van der Waals surface area contributed by atoms with E-state index in [0.717, 1.165) is 32.2 Å². The van der Waals surface area contributed by atoms with Crippen LogP contribution in [0.15, 0.2) is 24.3 Å². The van der Waals surface area contributed by atoms with Gasteiger partial charge in [0.1, 0.15) is 0 Å². The van der Waals surface area contributed by atoms with E-state index in [2.05, 4.69) is 34.9 Å². The highest BCUT2D eigenvalue weighted by atomic mass is 16.2. The molecule has 18 heavy (non-hydrogen) atoms. The van der Waals surface area contributed by atoms with Crippen molar-refractivity contribution in [1.82, 2.24) is 10.6 Å². The smallest absolute Gasteiger partial charge is 0.237 e. The first-order valence-corrected chi connectivity index (χ1v) is 6.96. The van der Waals surface area contributed by atoms with Gasteiger partial charge in [0.25, 0.3) is 0 Å². The number of benzene rings is 1. The molecule has 0 saturated carbocycles. The zero-order valence-electron chi connectivity index (χ0n) is 10.6. The standard InChI is InChI=1S/C15H20N2O/c18-15(14-7-3-4-10-16-14)17-13-9-8-11-5-1-2-6-12(11)13/h1-2,5-6,13-14,16H,3-4,7-10H2,(H,17,18)/t13?,14-/m1/s1. The molecule has 0 bridgehead atoms. The summed E-state index contributed by atoms with van der Waals surface area (Å²) in [6.07, 6.45) is 5.44. The molecule has 0 spiro atoms. The molecule has 0 radical (unpaired) electrons. The molecule has 1 aliphatic carbocycles. The third-order valence-electron chi connectivity index (χ3n) is 4.08. The first-order chi connectivity index (χ1) is 8.84. The molecule has 0 aromatic heterocycles. The number of amides is 1. The van der Waals surface area contributed by atoms with Crippen molar-refractivity contribution in [2.24, 2.45) is 0 Å². The van der Waals surface area contributed by atoms with Crippen molar-refractivity contribution >= 4 is 5.91 Å². The number of hydrogen-bond donors (Lipinski definition) is 2. The Morgan fingerprint density at radius 2 is 2.11 bits per heavy atom. The third kappa shape index (κ3) is 2.27. The van der Waals surface area contributed by atoms with Gasteiger partial charge in [-0.15, -0.1) is 0 Å². The zero-order valence-corrected chi connectivity index (χ0v) is 10.6. The van der Waals surface area contributed by atoms with Crippen molar-refractivity contribution in [3.05, 3.63) is 35.4 Å². The molecule has 1 aromatic carbocycles. The quantitative estimate of drug-likeness (QED) is 0.834. The van der Waals surface area contributed by atoms with Gasteiger partial charge in [-0.2, -0.15) is 0 Å². The SMILES string of the molecule is O=C(NC1CCc2ccccc21)[C@H]1CCCCN1. The minimum Gasteiger partial charge on any atom is -0.348 e. The predicted octanol–water partition coefficient (Wildman–Crippen LogP) is 1.93. The topological polar surface area (TPSA) is 41.1 Å². The molecular weight excluding hydrogens is 224 g/mol. The zero-order chi connectivity index (χ0) is 12.4. The largest absolute Gasteiger partial charge is 0.348 e. The number of hydrogen-bond acceptors (Lipinski definition) is 2. The molecule has 96 valence electrons. The van der Waals surface area contributed by atoms with Crippen molar-refractivity contribution < 1.29 is 4.79 Å². The van der Waals surface area contributed by atoms with Crippen molar-refractivity contribution in [2.45, 2.75) is 44.2 Å². The Morgan fingerprint density at radius 3 is 2.94 bits per heavy atom. The van der Waals surface area contributed by atoms with Crippen molar-refractivity contribution in [1.29, 1.82) is 0 Å². The van der Waals surface area contributed by atoms with Crippen LogP contribution in [-0.4, -0.2) is 18.5 Å². The van der Waals surface area contributed by atoms with Crippen molar-refractivity contribution in [2.75, 3.05) is 6.54 Å². The summed E-state index contributed by atoms with van der Waals surface area (Å²) in [6.45, 7) is 0.972. The molecule has 3 nitrogen and oxygen atoms in total. The van der Waals surface area contributed by atoms with Gasteiger partial charge in [-0.1, -0.05) is 30.7 Å². The van der Waals surface area contributed by atoms with Crippen LogP contribution >= 0.6 is 0 Å². The lowest BCUT2D eigenvalue weighted by molar-refractivity contribution is -0.124. The molecule has 2 aliphatic rings. The fourth-order valence-corrected chi connectivity index (χ4v) is 3.05. The van der Waals surface area contributed by atoms with E-state index in [1.54, 1.807) is 0 Å². The number of carbonyl (C=O) groups excluding carboxylic acids is 1. The predicted molar refractivity (Wildman–Crippen MR) is 71.3 cm³/mol. The van der Waals surface area contributed by atoms with Gasteiger partial charge in [0.15, 0.2) is 0 Å². The summed E-state index contributed by atoms with van der Waals surface area (Å²) in [4.78, 5) is 12.2. The maximum Gasteiger partial charge on any atom is 0.237 e. The van der Waals surface area contributed by atoms with E-state index < -0.39 is 0 Å². The highest BCUT2D eigenvalue weighted by molar-refractivity contribution is 5.82. The average Bonchev–Trinajstić information content (AvgIpc) is 2.83. The summed E-state index contributed by atoms with van der Waals surface area (Å²) in [6, 6.07) is 8.68. The molecule has 1 heterocycles. The minimum absolute atomic E-state index is 0.0199. The number of rotatable bonds is 2. The van der Waals surface area contributed by atoms with E-state index in [1.165, 1.54) is 17.5 Å².